The number of para-hydroxylation sites is 1. The highest BCUT2D eigenvalue weighted by atomic mass is 16.3. The summed E-state index contributed by atoms with van der Waals surface area (Å²) in [5, 5.41) is 11.8. The van der Waals surface area contributed by atoms with Crippen molar-refractivity contribution in [2.75, 3.05) is 5.32 Å². The largest absolute Gasteiger partial charge is 0.378 e. The van der Waals surface area contributed by atoms with Crippen LogP contribution >= 0.6 is 0 Å². The third-order valence-electron chi connectivity index (χ3n) is 1.76. The molecule has 14 heavy (non-hydrogen) atoms. The van der Waals surface area contributed by atoms with E-state index in [1.54, 1.807) is 24.3 Å². The number of hydrogen-bond acceptors (Lipinski definition) is 2. The Morgan fingerprint density at radius 1 is 1.50 bits per heavy atom. The molecule has 3 heteroatoms. The van der Waals surface area contributed by atoms with Crippen molar-refractivity contribution in [1.82, 2.24) is 0 Å². The van der Waals surface area contributed by atoms with E-state index in [9.17, 15) is 9.90 Å². The lowest BCUT2D eigenvalue weighted by Crippen LogP contribution is -2.10. The predicted octanol–water partition coefficient (Wildman–Crippen LogP) is 1.86. The van der Waals surface area contributed by atoms with E-state index >= 15 is 0 Å². The number of aliphatic hydroxyl groups is 1. The van der Waals surface area contributed by atoms with Gasteiger partial charge >= 0.3 is 0 Å². The number of allylic oxidation sites excluding steroid dienone is 1. The number of benzene rings is 1. The molecule has 74 valence electrons. The van der Waals surface area contributed by atoms with Gasteiger partial charge < -0.3 is 10.4 Å². The fourth-order valence-electron chi connectivity index (χ4n) is 1.19. The minimum absolute atomic E-state index is 0.341. The van der Waals surface area contributed by atoms with Crippen LogP contribution in [0.2, 0.25) is 0 Å². The van der Waals surface area contributed by atoms with E-state index in [0.717, 1.165) is 0 Å². The molecule has 0 saturated carbocycles. The lowest BCUT2D eigenvalue weighted by atomic mass is 10.1. The van der Waals surface area contributed by atoms with E-state index in [4.69, 9.17) is 0 Å². The lowest BCUT2D eigenvalue weighted by molar-refractivity contribution is -0.123. The monoisotopic (exact) mass is 191 g/mol. The molecule has 0 radical (unpaired) electrons. The first-order chi connectivity index (χ1) is 6.70. The summed E-state index contributed by atoms with van der Waals surface area (Å²) in [6.07, 6.45) is 0.770. The molecule has 1 atom stereocenters. The van der Waals surface area contributed by atoms with Gasteiger partial charge in [0, 0.05) is 11.3 Å². The Kier molecular flexibility index (Phi) is 3.42. The summed E-state index contributed by atoms with van der Waals surface area (Å²) in [5.74, 6) is -0.341. The molecule has 0 aliphatic carbocycles. The molecular formula is C11H13NO2. The van der Waals surface area contributed by atoms with Crippen LogP contribution in [-0.2, 0) is 4.79 Å². The normalized spacial score (nSPS) is 17.6. The Morgan fingerprint density at radius 2 is 2.07 bits per heavy atom. The number of fused-ring (bicyclic) bond motifs is 1. The van der Waals surface area contributed by atoms with Crippen molar-refractivity contribution in [2.45, 2.75) is 13.0 Å². The maximum atomic E-state index is 10.9. The molecule has 0 spiro atoms. The summed E-state index contributed by atoms with van der Waals surface area (Å²) >= 11 is 0. The lowest BCUT2D eigenvalue weighted by Gasteiger charge is -1.96. The molecule has 0 fully saturated rings. The Bertz CT molecular complexity index is 347. The van der Waals surface area contributed by atoms with E-state index in [2.05, 4.69) is 11.9 Å². The molecule has 1 aromatic carbocycles. The molecule has 1 heterocycles. The first-order valence-electron chi connectivity index (χ1n) is 4.35. The van der Waals surface area contributed by atoms with Crippen LogP contribution in [0, 0.1) is 0 Å². The summed E-state index contributed by atoms with van der Waals surface area (Å²) in [4.78, 5) is 10.9. The second-order valence-corrected chi connectivity index (χ2v) is 2.89. The highest BCUT2D eigenvalue weighted by Gasteiger charge is 2.27. The van der Waals surface area contributed by atoms with Gasteiger partial charge in [-0.2, -0.15) is 0 Å². The zero-order valence-corrected chi connectivity index (χ0v) is 8.03. The van der Waals surface area contributed by atoms with E-state index in [0.29, 0.717) is 11.3 Å². The van der Waals surface area contributed by atoms with Crippen molar-refractivity contribution in [1.29, 1.82) is 0 Å². The molecule has 1 aliphatic rings. The standard InChI is InChI=1S/C8H7NO2.C3H6/c10-7-5-3-1-2-4-6(5)9-8(7)11;1-3-2/h1-4,7,10H,(H,9,11);3H,1H2,2H3. The topological polar surface area (TPSA) is 49.3 Å². The Hall–Kier alpha value is -1.61. The Morgan fingerprint density at radius 3 is 2.64 bits per heavy atom. The van der Waals surface area contributed by atoms with Crippen LogP contribution in [0.1, 0.15) is 18.6 Å². The first kappa shape index (κ1) is 10.5. The molecule has 1 aromatic rings. The number of carbonyl (C=O) groups excluding carboxylic acids is 1. The minimum atomic E-state index is -0.980. The van der Waals surface area contributed by atoms with Crippen LogP contribution < -0.4 is 5.32 Å². The van der Waals surface area contributed by atoms with Crippen LogP contribution in [-0.4, -0.2) is 11.0 Å². The van der Waals surface area contributed by atoms with Gasteiger partial charge in [-0.3, -0.25) is 4.79 Å². The maximum absolute atomic E-state index is 10.9. The van der Waals surface area contributed by atoms with Gasteiger partial charge in [0.1, 0.15) is 0 Å². The van der Waals surface area contributed by atoms with Crippen LogP contribution in [0.5, 0.6) is 0 Å². The van der Waals surface area contributed by atoms with E-state index in [1.165, 1.54) is 0 Å². The summed E-state index contributed by atoms with van der Waals surface area (Å²) in [5.41, 5.74) is 1.38. The van der Waals surface area contributed by atoms with E-state index < -0.39 is 6.10 Å². The minimum Gasteiger partial charge on any atom is -0.378 e. The zero-order chi connectivity index (χ0) is 10.6. The Balaban J connectivity index is 0.000000293. The average Bonchev–Trinajstić information content (AvgIpc) is 2.45. The molecule has 2 N–H and O–H groups in total. The number of rotatable bonds is 0. The van der Waals surface area contributed by atoms with Crippen LogP contribution in [0.15, 0.2) is 36.9 Å². The molecule has 0 bridgehead atoms. The number of carbonyl (C=O) groups is 1. The van der Waals surface area contributed by atoms with Gasteiger partial charge in [0.05, 0.1) is 0 Å². The van der Waals surface area contributed by atoms with Crippen molar-refractivity contribution in [3.8, 4) is 0 Å². The first-order valence-corrected chi connectivity index (χ1v) is 4.35. The Labute approximate surface area is 83.1 Å². The third kappa shape index (κ3) is 2.00. The van der Waals surface area contributed by atoms with Crippen LogP contribution in [0.3, 0.4) is 0 Å². The summed E-state index contributed by atoms with van der Waals surface area (Å²) < 4.78 is 0. The van der Waals surface area contributed by atoms with Crippen molar-refractivity contribution >= 4 is 11.6 Å². The smallest absolute Gasteiger partial charge is 0.257 e. The van der Waals surface area contributed by atoms with Crippen molar-refractivity contribution < 1.29 is 9.90 Å². The van der Waals surface area contributed by atoms with Gasteiger partial charge in [0.2, 0.25) is 0 Å². The third-order valence-corrected chi connectivity index (χ3v) is 1.76. The number of amides is 1. The highest BCUT2D eigenvalue weighted by molar-refractivity contribution is 6.01. The second-order valence-electron chi connectivity index (χ2n) is 2.89. The van der Waals surface area contributed by atoms with Crippen LogP contribution in [0.25, 0.3) is 0 Å². The fourth-order valence-corrected chi connectivity index (χ4v) is 1.19. The van der Waals surface area contributed by atoms with Gasteiger partial charge in [-0.15, -0.1) is 6.58 Å². The van der Waals surface area contributed by atoms with Gasteiger partial charge in [-0.1, -0.05) is 24.3 Å². The molecule has 1 aliphatic heterocycles. The van der Waals surface area contributed by atoms with E-state index in [1.807, 2.05) is 13.0 Å². The van der Waals surface area contributed by atoms with Crippen molar-refractivity contribution in [2.24, 2.45) is 0 Å². The molecule has 0 aromatic heterocycles. The number of hydrogen-bond donors (Lipinski definition) is 2. The quantitative estimate of drug-likeness (QED) is 0.615. The fraction of sp³-hybridized carbons (Fsp3) is 0.182. The molecule has 0 saturated heterocycles. The predicted molar refractivity (Wildman–Crippen MR) is 55.9 cm³/mol. The maximum Gasteiger partial charge on any atom is 0.257 e. The SMILES string of the molecule is C=CC.O=C1Nc2ccccc2C1O. The molecule has 1 amide bonds. The van der Waals surface area contributed by atoms with Gasteiger partial charge in [0.25, 0.3) is 5.91 Å². The molecule has 1 unspecified atom stereocenters. The van der Waals surface area contributed by atoms with E-state index in [-0.39, 0.29) is 5.91 Å². The second kappa shape index (κ2) is 4.58. The van der Waals surface area contributed by atoms with Crippen molar-refractivity contribution in [3.63, 3.8) is 0 Å². The number of anilines is 1. The van der Waals surface area contributed by atoms with Gasteiger partial charge in [-0.25, -0.2) is 0 Å². The summed E-state index contributed by atoms with van der Waals surface area (Å²) in [7, 11) is 0. The van der Waals surface area contributed by atoms with Gasteiger partial charge in [-0.05, 0) is 13.0 Å². The average molecular weight is 191 g/mol. The number of aliphatic hydroxyl groups excluding tert-OH is 1. The van der Waals surface area contributed by atoms with Crippen molar-refractivity contribution in [3.05, 3.63) is 42.5 Å². The molecular weight excluding hydrogens is 178 g/mol. The van der Waals surface area contributed by atoms with Gasteiger partial charge in [0.15, 0.2) is 6.10 Å². The summed E-state index contributed by atoms with van der Waals surface area (Å²) in [6, 6.07) is 7.11. The molecule has 2 rings (SSSR count). The summed E-state index contributed by atoms with van der Waals surface area (Å²) in [6.45, 7) is 5.25. The zero-order valence-electron chi connectivity index (χ0n) is 8.03. The van der Waals surface area contributed by atoms with Crippen LogP contribution in [0.4, 0.5) is 5.69 Å². The molecule has 3 nitrogen and oxygen atoms in total. The number of nitrogens with one attached hydrogen (secondary N) is 1. The highest BCUT2D eigenvalue weighted by Crippen LogP contribution is 2.29.